The predicted octanol–water partition coefficient (Wildman–Crippen LogP) is 1.84. The number of ether oxygens (including phenoxy) is 2. The van der Waals surface area contributed by atoms with Crippen LogP contribution in [0.25, 0.3) is 0 Å². The Balaban J connectivity index is 1.14. The van der Waals surface area contributed by atoms with Crippen molar-refractivity contribution in [2.75, 3.05) is 32.8 Å². The number of hydrogen-bond donors (Lipinski definition) is 2. The molecular weight excluding hydrogens is 422 g/mol. The molecule has 0 spiro atoms. The highest BCUT2D eigenvalue weighted by molar-refractivity contribution is 6.01. The minimum atomic E-state index is -0.121. The molecule has 0 bridgehead atoms. The number of carbonyl (C=O) groups is 3. The van der Waals surface area contributed by atoms with Gasteiger partial charge in [0.2, 0.25) is 11.8 Å². The molecule has 3 aliphatic rings. The van der Waals surface area contributed by atoms with Crippen LogP contribution in [0.4, 0.5) is 0 Å². The van der Waals surface area contributed by atoms with E-state index in [0.29, 0.717) is 49.1 Å². The van der Waals surface area contributed by atoms with E-state index in [1.807, 2.05) is 30.3 Å². The Labute approximate surface area is 192 Å². The molecule has 5 rings (SSSR count). The van der Waals surface area contributed by atoms with Gasteiger partial charge in [-0.3, -0.25) is 19.3 Å². The monoisotopic (exact) mass is 449 g/mol. The number of rotatable bonds is 8. The molecule has 33 heavy (non-hydrogen) atoms. The van der Waals surface area contributed by atoms with E-state index < -0.39 is 0 Å². The Bertz CT molecular complexity index is 1050. The van der Waals surface area contributed by atoms with E-state index in [9.17, 15) is 14.4 Å². The third-order valence-corrected chi connectivity index (χ3v) is 6.62. The number of fused-ring (bicyclic) bond motifs is 1. The summed E-state index contributed by atoms with van der Waals surface area (Å²) in [6.45, 7) is 3.46. The number of carbonyl (C=O) groups excluding carboxylic acids is 3. The second kappa shape index (κ2) is 9.23. The van der Waals surface area contributed by atoms with Gasteiger partial charge in [0.25, 0.3) is 5.91 Å². The molecule has 3 heterocycles. The quantitative estimate of drug-likeness (QED) is 0.597. The van der Waals surface area contributed by atoms with Gasteiger partial charge in [-0.05, 0) is 35.4 Å². The third-order valence-electron chi connectivity index (χ3n) is 6.62. The lowest BCUT2D eigenvalue weighted by molar-refractivity contribution is -0.138. The van der Waals surface area contributed by atoms with E-state index in [2.05, 4.69) is 22.8 Å². The number of nitrogens with one attached hydrogen (secondary N) is 2. The van der Waals surface area contributed by atoms with Crippen molar-refractivity contribution in [2.45, 2.75) is 25.3 Å². The van der Waals surface area contributed by atoms with Crippen molar-refractivity contribution < 1.29 is 23.9 Å². The number of benzene rings is 2. The summed E-state index contributed by atoms with van der Waals surface area (Å²) in [4.78, 5) is 36.5. The van der Waals surface area contributed by atoms with Crippen LogP contribution >= 0.6 is 0 Å². The zero-order chi connectivity index (χ0) is 22.8. The molecule has 172 valence electrons. The maximum Gasteiger partial charge on any atom is 0.252 e. The molecule has 0 aromatic heterocycles. The molecule has 2 saturated heterocycles. The molecule has 2 atom stereocenters. The normalized spacial score (nSPS) is 21.9. The molecular formula is C25H27N3O5. The molecule has 0 saturated carbocycles. The van der Waals surface area contributed by atoms with Crippen molar-refractivity contribution in [3.63, 3.8) is 0 Å². The van der Waals surface area contributed by atoms with E-state index >= 15 is 0 Å². The van der Waals surface area contributed by atoms with Crippen molar-refractivity contribution in [3.05, 3.63) is 59.2 Å². The van der Waals surface area contributed by atoms with Gasteiger partial charge in [-0.1, -0.05) is 18.2 Å². The minimum Gasteiger partial charge on any atom is -0.493 e. The zero-order valence-corrected chi connectivity index (χ0v) is 18.3. The van der Waals surface area contributed by atoms with Gasteiger partial charge >= 0.3 is 0 Å². The highest BCUT2D eigenvalue weighted by Gasteiger charge is 2.30. The Morgan fingerprint density at radius 2 is 1.67 bits per heavy atom. The summed E-state index contributed by atoms with van der Waals surface area (Å²) in [7, 11) is 0. The highest BCUT2D eigenvalue weighted by Crippen LogP contribution is 2.31. The summed E-state index contributed by atoms with van der Waals surface area (Å²) in [5, 5.41) is 6.28. The topological polar surface area (TPSA) is 97.0 Å². The van der Waals surface area contributed by atoms with Crippen molar-refractivity contribution in [3.8, 4) is 11.5 Å². The second-order valence-corrected chi connectivity index (χ2v) is 8.69. The van der Waals surface area contributed by atoms with Gasteiger partial charge in [0.1, 0.15) is 18.1 Å². The van der Waals surface area contributed by atoms with Gasteiger partial charge in [-0.25, -0.2) is 0 Å². The summed E-state index contributed by atoms with van der Waals surface area (Å²) in [5.74, 6) is 1.77. The van der Waals surface area contributed by atoms with Gasteiger partial charge in [-0.2, -0.15) is 0 Å². The van der Waals surface area contributed by atoms with Crippen LogP contribution in [0.5, 0.6) is 11.5 Å². The van der Waals surface area contributed by atoms with E-state index in [1.165, 1.54) is 10.5 Å². The number of amides is 3. The van der Waals surface area contributed by atoms with Crippen LogP contribution in [0.2, 0.25) is 0 Å². The number of hydrogen-bond acceptors (Lipinski definition) is 6. The van der Waals surface area contributed by atoms with E-state index in [0.717, 1.165) is 24.4 Å². The first-order chi connectivity index (χ1) is 16.1. The minimum absolute atomic E-state index is 0.0446. The maximum atomic E-state index is 11.9. The van der Waals surface area contributed by atoms with Crippen molar-refractivity contribution in [2.24, 2.45) is 5.92 Å². The first-order valence-corrected chi connectivity index (χ1v) is 11.4. The Hall–Kier alpha value is -3.39. The van der Waals surface area contributed by atoms with Gasteiger partial charge < -0.3 is 20.1 Å². The summed E-state index contributed by atoms with van der Waals surface area (Å²) in [5.41, 5.74) is 2.91. The number of nitrogens with zero attached hydrogens (tertiary/aromatic N) is 1. The zero-order valence-electron chi connectivity index (χ0n) is 18.3. The lowest BCUT2D eigenvalue weighted by Crippen LogP contribution is -2.33. The molecule has 0 unspecified atom stereocenters. The van der Waals surface area contributed by atoms with Crippen LogP contribution in [0.15, 0.2) is 42.5 Å². The summed E-state index contributed by atoms with van der Waals surface area (Å²) < 4.78 is 11.8. The average molecular weight is 450 g/mol. The molecule has 2 aromatic carbocycles. The molecule has 3 amide bonds. The average Bonchev–Trinajstić information content (AvgIpc) is 3.53. The first-order valence-electron chi connectivity index (χ1n) is 11.4. The fourth-order valence-electron chi connectivity index (χ4n) is 4.72. The van der Waals surface area contributed by atoms with Crippen LogP contribution in [0.3, 0.4) is 0 Å². The predicted molar refractivity (Wildman–Crippen MR) is 120 cm³/mol. The molecule has 8 nitrogen and oxygen atoms in total. The summed E-state index contributed by atoms with van der Waals surface area (Å²) in [6, 6.07) is 13.7. The van der Waals surface area contributed by atoms with Crippen LogP contribution < -0.4 is 20.1 Å². The van der Waals surface area contributed by atoms with E-state index in [-0.39, 0.29) is 30.9 Å². The lowest BCUT2D eigenvalue weighted by atomic mass is 9.89. The fourth-order valence-corrected chi connectivity index (χ4v) is 4.72. The Kier molecular flexibility index (Phi) is 6.00. The van der Waals surface area contributed by atoms with Crippen molar-refractivity contribution >= 4 is 17.7 Å². The molecule has 8 heteroatoms. The Morgan fingerprint density at radius 3 is 2.45 bits per heavy atom. The number of likely N-dealkylation sites (tertiary alicyclic amines) is 1. The van der Waals surface area contributed by atoms with Gasteiger partial charge in [0.15, 0.2) is 0 Å². The number of imide groups is 1. The van der Waals surface area contributed by atoms with Gasteiger partial charge in [-0.15, -0.1) is 0 Å². The largest absolute Gasteiger partial charge is 0.493 e. The lowest BCUT2D eigenvalue weighted by Gasteiger charge is -2.20. The third kappa shape index (κ3) is 4.57. The molecule has 3 aliphatic heterocycles. The molecule has 2 N–H and O–H groups in total. The van der Waals surface area contributed by atoms with E-state index in [4.69, 9.17) is 9.47 Å². The smallest absolute Gasteiger partial charge is 0.252 e. The van der Waals surface area contributed by atoms with Crippen LogP contribution in [0, 0.1) is 5.92 Å². The summed E-state index contributed by atoms with van der Waals surface area (Å²) >= 11 is 0. The fraction of sp³-hybridized carbons (Fsp3) is 0.400. The van der Waals surface area contributed by atoms with E-state index in [1.54, 1.807) is 0 Å². The Morgan fingerprint density at radius 1 is 0.909 bits per heavy atom. The van der Waals surface area contributed by atoms with Crippen molar-refractivity contribution in [1.29, 1.82) is 0 Å². The highest BCUT2D eigenvalue weighted by atomic mass is 16.5. The molecule has 0 radical (unpaired) electrons. The SMILES string of the molecule is O=C1NCc2ccc(OC[C@H]3CNC[C@H]3c3ccc(OCCN4C(=O)CCC4=O)cc3)cc21. The van der Waals surface area contributed by atoms with Gasteiger partial charge in [0.05, 0.1) is 13.2 Å². The van der Waals surface area contributed by atoms with Crippen LogP contribution in [-0.4, -0.2) is 55.5 Å². The first kappa shape index (κ1) is 21.5. The van der Waals surface area contributed by atoms with Crippen LogP contribution in [0.1, 0.15) is 40.2 Å². The second-order valence-electron chi connectivity index (χ2n) is 8.69. The molecule has 0 aliphatic carbocycles. The molecule has 2 fully saturated rings. The van der Waals surface area contributed by atoms with Crippen LogP contribution in [-0.2, 0) is 16.1 Å². The maximum absolute atomic E-state index is 11.9. The van der Waals surface area contributed by atoms with Gasteiger partial charge in [0, 0.05) is 49.9 Å². The van der Waals surface area contributed by atoms with Crippen molar-refractivity contribution in [1.82, 2.24) is 15.5 Å². The standard InChI is InChI=1S/C25H27N3O5/c29-23-7-8-24(30)28(23)9-10-32-19-4-1-16(2-5-19)22-14-26-12-18(22)15-33-20-6-3-17-13-27-25(31)21(17)11-20/h1-6,11,18,22,26H,7-10,12-15H2,(H,27,31)/t18-,22+/m1/s1. The molecule has 2 aromatic rings. The summed E-state index contributed by atoms with van der Waals surface area (Å²) in [6.07, 6.45) is 0.602.